The number of fused-ring (bicyclic) bond motifs is 1. The van der Waals surface area contributed by atoms with E-state index in [4.69, 9.17) is 0 Å². The zero-order chi connectivity index (χ0) is 26.6. The van der Waals surface area contributed by atoms with Gasteiger partial charge in [0.1, 0.15) is 0 Å². The first-order valence-electron chi connectivity index (χ1n) is 13.2. The number of hydrogen-bond donors (Lipinski definition) is 3. The van der Waals surface area contributed by atoms with Crippen LogP contribution in [-0.4, -0.2) is 55.3 Å². The van der Waals surface area contributed by atoms with Gasteiger partial charge in [-0.25, -0.2) is 0 Å². The number of carbonyl (C=O) groups is 1. The van der Waals surface area contributed by atoms with E-state index in [1.54, 1.807) is 6.20 Å². The van der Waals surface area contributed by atoms with Crippen LogP contribution in [0, 0.1) is 0 Å². The van der Waals surface area contributed by atoms with E-state index >= 15 is 0 Å². The molecule has 4 heterocycles. The third kappa shape index (κ3) is 5.87. The molecule has 1 saturated heterocycles. The Hall–Kier alpha value is -4.40. The average molecular weight is 519 g/mol. The topological polar surface area (TPSA) is 107 Å². The molecule has 8 nitrogen and oxygen atoms in total. The highest BCUT2D eigenvalue weighted by Gasteiger charge is 2.18. The molecule has 0 atom stereocenters. The van der Waals surface area contributed by atoms with Crippen LogP contribution in [0.3, 0.4) is 0 Å². The zero-order valence-corrected chi connectivity index (χ0v) is 21.5. The summed E-state index contributed by atoms with van der Waals surface area (Å²) in [5.74, 6) is -0.296. The first kappa shape index (κ1) is 24.9. The second kappa shape index (κ2) is 11.1. The summed E-state index contributed by atoms with van der Waals surface area (Å²) in [6, 6.07) is 22.0. The number of aromatic amines is 1. The molecule has 1 fully saturated rings. The lowest BCUT2D eigenvalue weighted by Crippen LogP contribution is -2.35. The Bertz CT molecular complexity index is 1570. The highest BCUT2D eigenvalue weighted by atomic mass is 16.3. The Labute approximate surface area is 226 Å². The van der Waals surface area contributed by atoms with Crippen LogP contribution >= 0.6 is 0 Å². The van der Waals surface area contributed by atoms with Gasteiger partial charge < -0.3 is 10.4 Å². The molecule has 0 bridgehead atoms. The predicted octanol–water partition coefficient (Wildman–Crippen LogP) is 4.82. The highest BCUT2D eigenvalue weighted by molar-refractivity contribution is 6.11. The van der Waals surface area contributed by atoms with Crippen LogP contribution in [-0.2, 0) is 13.0 Å². The number of benzene rings is 2. The molecule has 5 aromatic rings. The molecule has 3 aromatic heterocycles. The minimum Gasteiger partial charge on any atom is -0.393 e. The van der Waals surface area contributed by atoms with Gasteiger partial charge in [-0.2, -0.15) is 5.10 Å². The number of aromatic nitrogens is 4. The fourth-order valence-electron chi connectivity index (χ4n) is 5.03. The van der Waals surface area contributed by atoms with E-state index in [9.17, 15) is 9.90 Å². The molecular formula is C31H30N6O2. The van der Waals surface area contributed by atoms with Gasteiger partial charge in [0.25, 0.3) is 5.91 Å². The lowest BCUT2D eigenvalue weighted by Gasteiger charge is -2.29. The van der Waals surface area contributed by atoms with E-state index in [1.165, 1.54) is 5.56 Å². The molecule has 1 aliphatic rings. The summed E-state index contributed by atoms with van der Waals surface area (Å²) in [5.41, 5.74) is 6.93. The molecular weight excluding hydrogens is 488 g/mol. The number of pyridine rings is 2. The van der Waals surface area contributed by atoms with Crippen molar-refractivity contribution in [3.63, 3.8) is 0 Å². The van der Waals surface area contributed by atoms with E-state index in [0.717, 1.165) is 72.2 Å². The lowest BCUT2D eigenvalue weighted by atomic mass is 10.0. The number of aliphatic hydroxyl groups is 1. The monoisotopic (exact) mass is 518 g/mol. The first-order valence-corrected chi connectivity index (χ1v) is 13.2. The number of anilines is 1. The maximum atomic E-state index is 13.2. The number of nitrogens with zero attached hydrogens (tertiary/aromatic N) is 4. The third-order valence-corrected chi connectivity index (χ3v) is 7.18. The van der Waals surface area contributed by atoms with Gasteiger partial charge in [0.2, 0.25) is 0 Å². The fourth-order valence-corrected chi connectivity index (χ4v) is 5.03. The van der Waals surface area contributed by atoms with Crippen molar-refractivity contribution in [1.82, 2.24) is 25.1 Å². The summed E-state index contributed by atoms with van der Waals surface area (Å²) < 4.78 is 0. The quantitative estimate of drug-likeness (QED) is 0.285. The molecule has 0 saturated carbocycles. The van der Waals surface area contributed by atoms with E-state index in [2.05, 4.69) is 48.6 Å². The van der Waals surface area contributed by atoms with Crippen LogP contribution in [0.1, 0.15) is 40.2 Å². The minimum absolute atomic E-state index is 0.186. The maximum absolute atomic E-state index is 13.2. The van der Waals surface area contributed by atoms with Crippen molar-refractivity contribution in [3.05, 3.63) is 108 Å². The summed E-state index contributed by atoms with van der Waals surface area (Å²) in [7, 11) is 0. The van der Waals surface area contributed by atoms with Gasteiger partial charge in [0.15, 0.2) is 5.69 Å². The number of piperidine rings is 1. The molecule has 0 radical (unpaired) electrons. The van der Waals surface area contributed by atoms with Crippen molar-refractivity contribution in [3.8, 4) is 11.1 Å². The smallest absolute Gasteiger partial charge is 0.276 e. The zero-order valence-electron chi connectivity index (χ0n) is 21.5. The molecule has 39 heavy (non-hydrogen) atoms. The second-order valence-corrected chi connectivity index (χ2v) is 10.1. The Balaban J connectivity index is 1.17. The van der Waals surface area contributed by atoms with Crippen molar-refractivity contribution in [2.75, 3.05) is 18.4 Å². The van der Waals surface area contributed by atoms with E-state index in [-0.39, 0.29) is 12.0 Å². The van der Waals surface area contributed by atoms with Gasteiger partial charge >= 0.3 is 0 Å². The Kier molecular flexibility index (Phi) is 7.12. The largest absolute Gasteiger partial charge is 0.393 e. The molecule has 196 valence electrons. The molecule has 0 unspecified atom stereocenters. The summed E-state index contributed by atoms with van der Waals surface area (Å²) >= 11 is 0. The number of H-pyrrole nitrogens is 1. The summed E-state index contributed by atoms with van der Waals surface area (Å²) in [6.07, 6.45) is 7.58. The number of likely N-dealkylation sites (tertiary alicyclic amines) is 1. The lowest BCUT2D eigenvalue weighted by molar-refractivity contribution is 0.0792. The molecule has 1 amide bonds. The summed E-state index contributed by atoms with van der Waals surface area (Å²) in [4.78, 5) is 24.5. The average Bonchev–Trinajstić information content (AvgIpc) is 3.40. The van der Waals surface area contributed by atoms with Crippen LogP contribution in [0.2, 0.25) is 0 Å². The van der Waals surface area contributed by atoms with Crippen LogP contribution in [0.4, 0.5) is 5.69 Å². The van der Waals surface area contributed by atoms with E-state index in [1.807, 2.05) is 60.9 Å². The van der Waals surface area contributed by atoms with E-state index in [0.29, 0.717) is 11.4 Å². The predicted molar refractivity (Wildman–Crippen MR) is 151 cm³/mol. The summed E-state index contributed by atoms with van der Waals surface area (Å²) in [6.45, 7) is 2.57. The van der Waals surface area contributed by atoms with E-state index < -0.39 is 0 Å². The number of hydrogen-bond acceptors (Lipinski definition) is 6. The van der Waals surface area contributed by atoms with Crippen LogP contribution in [0.25, 0.3) is 22.0 Å². The van der Waals surface area contributed by atoms with Gasteiger partial charge in [-0.15, -0.1) is 0 Å². The van der Waals surface area contributed by atoms with Gasteiger partial charge in [-0.05, 0) is 59.9 Å². The summed E-state index contributed by atoms with van der Waals surface area (Å²) in [5, 5.41) is 20.7. The van der Waals surface area contributed by atoms with Crippen molar-refractivity contribution >= 4 is 22.5 Å². The van der Waals surface area contributed by atoms with Crippen LogP contribution in [0.5, 0.6) is 0 Å². The molecule has 1 aliphatic heterocycles. The maximum Gasteiger partial charge on any atom is 0.276 e. The van der Waals surface area contributed by atoms with Gasteiger partial charge in [-0.1, -0.05) is 36.4 Å². The molecule has 6 rings (SSSR count). The van der Waals surface area contributed by atoms with Crippen LogP contribution in [0.15, 0.2) is 85.3 Å². The fraction of sp³-hybridized carbons (Fsp3) is 0.226. The minimum atomic E-state index is -0.296. The highest BCUT2D eigenvalue weighted by Crippen LogP contribution is 2.27. The number of carbonyl (C=O) groups excluding carboxylic acids is 1. The first-order chi connectivity index (χ1) is 19.1. The van der Waals surface area contributed by atoms with Gasteiger partial charge in [0, 0.05) is 55.1 Å². The molecule has 2 aromatic carbocycles. The van der Waals surface area contributed by atoms with Crippen molar-refractivity contribution in [2.45, 2.75) is 31.9 Å². The SMILES string of the molecule is O=C(Nc1ccc(Cc2ccccc2)nc1)c1n[nH]c2ccc(-c3cncc(CN4CCC(O)CC4)c3)cc12. The van der Waals surface area contributed by atoms with Gasteiger partial charge in [-0.3, -0.25) is 24.8 Å². The van der Waals surface area contributed by atoms with Gasteiger partial charge in [0.05, 0.1) is 23.5 Å². The Morgan fingerprint density at radius 3 is 2.59 bits per heavy atom. The van der Waals surface area contributed by atoms with Crippen molar-refractivity contribution in [2.24, 2.45) is 0 Å². The number of aliphatic hydroxyl groups excluding tert-OH is 1. The van der Waals surface area contributed by atoms with Crippen LogP contribution < -0.4 is 5.32 Å². The molecule has 0 spiro atoms. The normalized spacial score (nSPS) is 14.5. The Morgan fingerprint density at radius 2 is 1.79 bits per heavy atom. The van der Waals surface area contributed by atoms with Crippen molar-refractivity contribution < 1.29 is 9.90 Å². The Morgan fingerprint density at radius 1 is 0.949 bits per heavy atom. The standard InChI is InChI=1S/C31H30N6O2/c38-27-10-12-37(13-11-27)20-22-14-24(18-32-17-22)23-6-9-29-28(16-23)30(36-35-29)31(39)34-26-8-7-25(33-19-26)15-21-4-2-1-3-5-21/h1-9,14,16-19,27,38H,10-13,15,20H2,(H,34,39)(H,35,36). The number of amides is 1. The number of nitrogens with one attached hydrogen (secondary N) is 2. The third-order valence-electron chi connectivity index (χ3n) is 7.18. The second-order valence-electron chi connectivity index (χ2n) is 10.1. The number of rotatable bonds is 7. The molecule has 0 aliphatic carbocycles. The van der Waals surface area contributed by atoms with Crippen molar-refractivity contribution in [1.29, 1.82) is 0 Å². The molecule has 3 N–H and O–H groups in total. The molecule has 8 heteroatoms.